The molecule has 0 radical (unpaired) electrons. The monoisotopic (exact) mass is 364 g/mol. The van der Waals surface area contributed by atoms with E-state index in [-0.39, 0.29) is 0 Å². The van der Waals surface area contributed by atoms with Crippen LogP contribution in [0.25, 0.3) is 11.4 Å². The summed E-state index contributed by atoms with van der Waals surface area (Å²) >= 11 is 5.99. The number of nitrogens with zero attached hydrogens (tertiary/aromatic N) is 2. The number of nitrogens with one attached hydrogen (secondary N) is 2. The topological polar surface area (TPSA) is 49.8 Å². The van der Waals surface area contributed by atoms with Crippen LogP contribution in [0, 0.1) is 6.92 Å². The quantitative estimate of drug-likeness (QED) is 0.451. The third-order valence-electron chi connectivity index (χ3n) is 3.94. The summed E-state index contributed by atoms with van der Waals surface area (Å²) in [5, 5.41) is 7.43. The lowest BCUT2D eigenvalue weighted by Gasteiger charge is -2.15. The summed E-state index contributed by atoms with van der Waals surface area (Å²) in [7, 11) is 0. The van der Waals surface area contributed by atoms with Crippen molar-refractivity contribution in [3.05, 3.63) is 83.5 Å². The van der Waals surface area contributed by atoms with Crippen molar-refractivity contribution in [1.82, 2.24) is 15.3 Å². The van der Waals surface area contributed by atoms with Crippen LogP contribution in [0.4, 0.5) is 11.5 Å². The Morgan fingerprint density at radius 3 is 2.46 bits per heavy atom. The van der Waals surface area contributed by atoms with Gasteiger partial charge in [-0.25, -0.2) is 9.97 Å². The van der Waals surface area contributed by atoms with E-state index in [0.717, 1.165) is 34.9 Å². The van der Waals surface area contributed by atoms with Gasteiger partial charge in [0.15, 0.2) is 5.82 Å². The number of aromatic nitrogens is 2. The van der Waals surface area contributed by atoms with Gasteiger partial charge in [0.25, 0.3) is 0 Å². The van der Waals surface area contributed by atoms with E-state index >= 15 is 0 Å². The van der Waals surface area contributed by atoms with Gasteiger partial charge in [-0.2, -0.15) is 0 Å². The first kappa shape index (κ1) is 18.1. The molecule has 4 nitrogen and oxygen atoms in total. The molecule has 3 rings (SSSR count). The molecular weight excluding hydrogens is 344 g/mol. The molecule has 3 aromatic rings. The average Bonchev–Trinajstić information content (AvgIpc) is 2.66. The van der Waals surface area contributed by atoms with E-state index in [0.29, 0.717) is 17.4 Å². The van der Waals surface area contributed by atoms with E-state index < -0.39 is 0 Å². The smallest absolute Gasteiger partial charge is 0.161 e. The zero-order valence-corrected chi connectivity index (χ0v) is 15.4. The summed E-state index contributed by atoms with van der Waals surface area (Å²) in [6, 6.07) is 17.5. The number of aryl methyl sites for hydroxylation is 1. The average molecular weight is 365 g/mol. The highest BCUT2D eigenvalue weighted by Gasteiger charge is 2.13. The summed E-state index contributed by atoms with van der Waals surface area (Å²) < 4.78 is 0. The third kappa shape index (κ3) is 4.48. The molecule has 0 aliphatic heterocycles. The molecule has 2 N–H and O–H groups in total. The Hall–Kier alpha value is -2.69. The van der Waals surface area contributed by atoms with Crippen LogP contribution in [0.3, 0.4) is 0 Å². The Kier molecular flexibility index (Phi) is 6.00. The van der Waals surface area contributed by atoms with E-state index in [4.69, 9.17) is 21.6 Å². The van der Waals surface area contributed by atoms with Crippen LogP contribution in [-0.4, -0.2) is 16.5 Å². The van der Waals surface area contributed by atoms with Crippen LogP contribution in [0.1, 0.15) is 11.3 Å². The predicted octanol–water partition coefficient (Wildman–Crippen LogP) is 5.12. The van der Waals surface area contributed by atoms with E-state index in [1.807, 2.05) is 67.6 Å². The van der Waals surface area contributed by atoms with Gasteiger partial charge < -0.3 is 10.6 Å². The fourth-order valence-corrected chi connectivity index (χ4v) is 2.72. The van der Waals surface area contributed by atoms with Crippen molar-refractivity contribution in [2.75, 3.05) is 11.9 Å². The molecular formula is C21H21ClN4. The van der Waals surface area contributed by atoms with Crippen molar-refractivity contribution in [1.29, 1.82) is 0 Å². The summed E-state index contributed by atoms with van der Waals surface area (Å²) in [6.45, 7) is 7.13. The number of rotatable bonds is 7. The predicted molar refractivity (Wildman–Crippen MR) is 109 cm³/mol. The van der Waals surface area contributed by atoms with Gasteiger partial charge in [-0.3, -0.25) is 0 Å². The fourth-order valence-electron chi connectivity index (χ4n) is 2.60. The number of hydrogen-bond acceptors (Lipinski definition) is 4. The SMILES string of the molecule is C=CCNCc1c(C)nc(-c2ccccc2)nc1Nc1ccc(Cl)cc1. The van der Waals surface area contributed by atoms with Crippen LogP contribution in [0.15, 0.2) is 67.3 Å². The van der Waals surface area contributed by atoms with Gasteiger partial charge in [0.1, 0.15) is 5.82 Å². The third-order valence-corrected chi connectivity index (χ3v) is 4.20. The van der Waals surface area contributed by atoms with Gasteiger partial charge in [0.05, 0.1) is 0 Å². The Morgan fingerprint density at radius 1 is 1.04 bits per heavy atom. The molecule has 0 unspecified atom stereocenters. The lowest BCUT2D eigenvalue weighted by atomic mass is 10.1. The zero-order valence-electron chi connectivity index (χ0n) is 14.7. The molecule has 0 spiro atoms. The van der Waals surface area contributed by atoms with Gasteiger partial charge >= 0.3 is 0 Å². The zero-order chi connectivity index (χ0) is 18.4. The van der Waals surface area contributed by atoms with Crippen molar-refractivity contribution in [2.45, 2.75) is 13.5 Å². The Labute approximate surface area is 159 Å². The van der Waals surface area contributed by atoms with Crippen LogP contribution in [-0.2, 0) is 6.54 Å². The highest BCUT2D eigenvalue weighted by Crippen LogP contribution is 2.25. The van der Waals surface area contributed by atoms with E-state index in [9.17, 15) is 0 Å². The first-order chi connectivity index (χ1) is 12.7. The second-order valence-corrected chi connectivity index (χ2v) is 6.31. The molecule has 0 saturated carbocycles. The molecule has 0 atom stereocenters. The maximum absolute atomic E-state index is 5.99. The van der Waals surface area contributed by atoms with Gasteiger partial charge in [0.2, 0.25) is 0 Å². The van der Waals surface area contributed by atoms with Gasteiger partial charge in [-0.1, -0.05) is 48.0 Å². The largest absolute Gasteiger partial charge is 0.340 e. The van der Waals surface area contributed by atoms with Gasteiger partial charge in [-0.05, 0) is 31.2 Å². The van der Waals surface area contributed by atoms with E-state index in [2.05, 4.69) is 17.2 Å². The highest BCUT2D eigenvalue weighted by atomic mass is 35.5. The van der Waals surface area contributed by atoms with Crippen molar-refractivity contribution in [3.8, 4) is 11.4 Å². The lowest BCUT2D eigenvalue weighted by Crippen LogP contribution is -2.16. The minimum absolute atomic E-state index is 0.656. The van der Waals surface area contributed by atoms with Crippen LogP contribution in [0.5, 0.6) is 0 Å². The normalized spacial score (nSPS) is 10.5. The molecule has 0 bridgehead atoms. The number of hydrogen-bond donors (Lipinski definition) is 2. The summed E-state index contributed by atoms with van der Waals surface area (Å²) in [6.07, 6.45) is 1.83. The molecule has 0 saturated heterocycles. The Balaban J connectivity index is 1.99. The molecule has 26 heavy (non-hydrogen) atoms. The van der Waals surface area contributed by atoms with Crippen LogP contribution in [0.2, 0.25) is 5.02 Å². The van der Waals surface area contributed by atoms with Crippen LogP contribution >= 0.6 is 11.6 Å². The minimum atomic E-state index is 0.656. The molecule has 1 heterocycles. The summed E-state index contributed by atoms with van der Waals surface area (Å²) in [5.74, 6) is 1.49. The Morgan fingerprint density at radius 2 is 1.77 bits per heavy atom. The van der Waals surface area contributed by atoms with Crippen LogP contribution < -0.4 is 10.6 Å². The second-order valence-electron chi connectivity index (χ2n) is 5.88. The molecule has 0 aliphatic rings. The van der Waals surface area contributed by atoms with Crippen molar-refractivity contribution >= 4 is 23.1 Å². The summed E-state index contributed by atoms with van der Waals surface area (Å²) in [4.78, 5) is 9.48. The molecule has 0 fully saturated rings. The van der Waals surface area contributed by atoms with Crippen molar-refractivity contribution in [3.63, 3.8) is 0 Å². The maximum atomic E-state index is 5.99. The molecule has 0 aliphatic carbocycles. The first-order valence-corrected chi connectivity index (χ1v) is 8.82. The molecule has 132 valence electrons. The first-order valence-electron chi connectivity index (χ1n) is 8.44. The standard InChI is InChI=1S/C21H21ClN4/c1-3-13-23-14-19-15(2)24-20(16-7-5-4-6-8-16)26-21(19)25-18-11-9-17(22)10-12-18/h3-12,23H,1,13-14H2,2H3,(H,24,25,26). The lowest BCUT2D eigenvalue weighted by molar-refractivity contribution is 0.749. The van der Waals surface area contributed by atoms with Gasteiger partial charge in [-0.15, -0.1) is 6.58 Å². The molecule has 2 aromatic carbocycles. The maximum Gasteiger partial charge on any atom is 0.161 e. The number of anilines is 2. The number of halogens is 1. The second kappa shape index (κ2) is 8.61. The number of benzene rings is 2. The van der Waals surface area contributed by atoms with Gasteiger partial charge in [0, 0.05) is 40.6 Å². The van der Waals surface area contributed by atoms with Crippen molar-refractivity contribution < 1.29 is 0 Å². The molecule has 1 aromatic heterocycles. The fraction of sp³-hybridized carbons (Fsp3) is 0.143. The minimum Gasteiger partial charge on any atom is -0.340 e. The van der Waals surface area contributed by atoms with E-state index in [1.165, 1.54) is 0 Å². The molecule has 5 heteroatoms. The van der Waals surface area contributed by atoms with Crippen molar-refractivity contribution in [2.24, 2.45) is 0 Å². The van der Waals surface area contributed by atoms with E-state index in [1.54, 1.807) is 0 Å². The summed E-state index contributed by atoms with van der Waals surface area (Å²) in [5.41, 5.74) is 3.88. The Bertz CT molecular complexity index is 877. The molecule has 0 amide bonds. The highest BCUT2D eigenvalue weighted by molar-refractivity contribution is 6.30.